The van der Waals surface area contributed by atoms with Crippen LogP contribution in [0.3, 0.4) is 0 Å². The zero-order valence-corrected chi connectivity index (χ0v) is 26.1. The summed E-state index contributed by atoms with van der Waals surface area (Å²) in [4.78, 5) is 13.0. The molecule has 1 fully saturated rings. The number of hydrogen-bond donors (Lipinski definition) is 2. The van der Waals surface area contributed by atoms with Gasteiger partial charge in [0.15, 0.2) is 11.6 Å². The standard InChI is InChI=1S/C33H37F2N5O3S/c1-22-9-11-25(12-10-22)40-31(21-30(38-40)33(2,3)4)37-32(41)36-29-8-6-5-7-24(29)19-23-15-17-39(18-16-23)44(42,43)26-13-14-27(34)28(35)20-26/h5-14,20-21,23H,15-19H2,1-4H3,(H2,36,37,41). The van der Waals surface area contributed by atoms with E-state index in [1.807, 2.05) is 61.5 Å². The minimum absolute atomic E-state index is 0.176. The SMILES string of the molecule is Cc1ccc(-n2nc(C(C)(C)C)cc2NC(=O)Nc2ccccc2CC2CCN(S(=O)(=O)c3ccc(F)c(F)c3)CC2)cc1. The smallest absolute Gasteiger partial charge is 0.307 e. The summed E-state index contributed by atoms with van der Waals surface area (Å²) < 4.78 is 56.1. The lowest BCUT2D eigenvalue weighted by molar-refractivity contribution is 0.261. The van der Waals surface area contributed by atoms with Crippen molar-refractivity contribution in [3.8, 4) is 5.69 Å². The number of halogens is 2. The number of hydrogen-bond acceptors (Lipinski definition) is 4. The third-order valence-corrected chi connectivity index (χ3v) is 9.77. The number of carbonyl (C=O) groups excluding carboxylic acids is 1. The van der Waals surface area contributed by atoms with Crippen molar-refractivity contribution in [2.45, 2.75) is 57.3 Å². The summed E-state index contributed by atoms with van der Waals surface area (Å²) >= 11 is 0. The molecule has 0 radical (unpaired) electrons. The number of nitrogens with one attached hydrogen (secondary N) is 2. The van der Waals surface area contributed by atoms with Crippen LogP contribution in [0.15, 0.2) is 77.7 Å². The Hall–Kier alpha value is -4.09. The number of carbonyl (C=O) groups is 1. The average Bonchev–Trinajstić information content (AvgIpc) is 3.40. The van der Waals surface area contributed by atoms with Crippen molar-refractivity contribution in [1.29, 1.82) is 0 Å². The van der Waals surface area contributed by atoms with E-state index >= 15 is 0 Å². The van der Waals surface area contributed by atoms with Crippen molar-refractivity contribution in [1.82, 2.24) is 14.1 Å². The predicted octanol–water partition coefficient (Wildman–Crippen LogP) is 7.04. The maximum Gasteiger partial charge on any atom is 0.324 e. The summed E-state index contributed by atoms with van der Waals surface area (Å²) in [5, 5.41) is 10.7. The molecule has 0 unspecified atom stereocenters. The van der Waals surface area contributed by atoms with E-state index in [1.165, 1.54) is 4.31 Å². The van der Waals surface area contributed by atoms with E-state index in [9.17, 15) is 22.0 Å². The second-order valence-corrected chi connectivity index (χ2v) is 14.2. The maximum atomic E-state index is 13.7. The van der Waals surface area contributed by atoms with Gasteiger partial charge in [-0.15, -0.1) is 0 Å². The Kier molecular flexibility index (Phi) is 8.90. The van der Waals surface area contributed by atoms with Crippen LogP contribution in [-0.4, -0.2) is 41.6 Å². The van der Waals surface area contributed by atoms with Crippen LogP contribution in [0.5, 0.6) is 0 Å². The van der Waals surface area contributed by atoms with Crippen molar-refractivity contribution in [2.75, 3.05) is 23.7 Å². The van der Waals surface area contributed by atoms with E-state index in [-0.39, 0.29) is 29.3 Å². The molecule has 0 saturated carbocycles. The summed E-state index contributed by atoms with van der Waals surface area (Å²) in [6.45, 7) is 8.74. The Labute approximate surface area is 257 Å². The molecular weight excluding hydrogens is 584 g/mol. The Morgan fingerprint density at radius 3 is 2.27 bits per heavy atom. The Morgan fingerprint density at radius 2 is 1.61 bits per heavy atom. The molecule has 1 aliphatic rings. The second kappa shape index (κ2) is 12.5. The molecule has 0 bridgehead atoms. The van der Waals surface area contributed by atoms with Crippen LogP contribution < -0.4 is 10.6 Å². The molecule has 2 heterocycles. The molecule has 11 heteroatoms. The van der Waals surface area contributed by atoms with Gasteiger partial charge in [-0.05, 0) is 74.1 Å². The molecule has 1 aromatic heterocycles. The molecule has 4 aromatic rings. The van der Waals surface area contributed by atoms with E-state index in [0.717, 1.165) is 40.7 Å². The number of piperidine rings is 1. The number of nitrogens with zero attached hydrogens (tertiary/aromatic N) is 3. The number of rotatable bonds is 7. The highest BCUT2D eigenvalue weighted by molar-refractivity contribution is 7.89. The lowest BCUT2D eigenvalue weighted by Gasteiger charge is -2.31. The molecule has 232 valence electrons. The highest BCUT2D eigenvalue weighted by atomic mass is 32.2. The summed E-state index contributed by atoms with van der Waals surface area (Å²) in [6, 6.07) is 19.6. The molecule has 8 nitrogen and oxygen atoms in total. The lowest BCUT2D eigenvalue weighted by atomic mass is 9.90. The summed E-state index contributed by atoms with van der Waals surface area (Å²) in [5.41, 5.74) is 4.17. The predicted molar refractivity (Wildman–Crippen MR) is 168 cm³/mol. The highest BCUT2D eigenvalue weighted by Gasteiger charge is 2.30. The molecule has 0 aliphatic carbocycles. The third kappa shape index (κ3) is 7.00. The summed E-state index contributed by atoms with van der Waals surface area (Å²) in [6.07, 6.45) is 1.83. The first-order valence-corrected chi connectivity index (χ1v) is 16.0. The Morgan fingerprint density at radius 1 is 0.932 bits per heavy atom. The normalized spacial score (nSPS) is 14.9. The number of sulfonamides is 1. The molecular formula is C33H37F2N5O3S. The number of para-hydroxylation sites is 1. The average molecular weight is 622 g/mol. The van der Waals surface area contributed by atoms with Crippen LogP contribution >= 0.6 is 0 Å². The minimum Gasteiger partial charge on any atom is -0.307 e. The molecule has 44 heavy (non-hydrogen) atoms. The monoisotopic (exact) mass is 621 g/mol. The van der Waals surface area contributed by atoms with Gasteiger partial charge in [-0.25, -0.2) is 26.7 Å². The number of anilines is 2. The highest BCUT2D eigenvalue weighted by Crippen LogP contribution is 2.30. The molecule has 1 aliphatic heterocycles. The topological polar surface area (TPSA) is 96.3 Å². The summed E-state index contributed by atoms with van der Waals surface area (Å²) in [5.74, 6) is -1.56. The number of urea groups is 1. The van der Waals surface area contributed by atoms with Gasteiger partial charge in [-0.2, -0.15) is 9.40 Å². The van der Waals surface area contributed by atoms with Crippen LogP contribution in [0.1, 0.15) is 50.4 Å². The molecule has 2 amide bonds. The van der Waals surface area contributed by atoms with Gasteiger partial charge in [0, 0.05) is 30.3 Å². The lowest BCUT2D eigenvalue weighted by Crippen LogP contribution is -2.39. The van der Waals surface area contributed by atoms with E-state index in [1.54, 1.807) is 4.68 Å². The molecule has 0 atom stereocenters. The fourth-order valence-corrected chi connectivity index (χ4v) is 6.74. The number of amides is 2. The Bertz CT molecular complexity index is 1760. The van der Waals surface area contributed by atoms with Crippen LogP contribution in [0.4, 0.5) is 25.1 Å². The van der Waals surface area contributed by atoms with Crippen molar-refractivity contribution in [3.05, 3.63) is 101 Å². The van der Waals surface area contributed by atoms with Crippen molar-refractivity contribution >= 4 is 27.6 Å². The second-order valence-electron chi connectivity index (χ2n) is 12.3. The van der Waals surface area contributed by atoms with Crippen LogP contribution in [0.25, 0.3) is 5.69 Å². The quantitative estimate of drug-likeness (QED) is 0.231. The van der Waals surface area contributed by atoms with Gasteiger partial charge in [0.2, 0.25) is 10.0 Å². The molecule has 1 saturated heterocycles. The van der Waals surface area contributed by atoms with Crippen LogP contribution in [0.2, 0.25) is 0 Å². The van der Waals surface area contributed by atoms with E-state index in [0.29, 0.717) is 30.8 Å². The zero-order chi connectivity index (χ0) is 31.6. The minimum atomic E-state index is -3.93. The van der Waals surface area contributed by atoms with Gasteiger partial charge < -0.3 is 5.32 Å². The van der Waals surface area contributed by atoms with E-state index in [2.05, 4.69) is 31.4 Å². The fraction of sp³-hybridized carbons (Fsp3) is 0.333. The van der Waals surface area contributed by atoms with E-state index < -0.39 is 27.7 Å². The maximum absolute atomic E-state index is 13.7. The molecule has 5 rings (SSSR count). The Balaban J connectivity index is 1.26. The van der Waals surface area contributed by atoms with Gasteiger partial charge in [0.25, 0.3) is 0 Å². The first-order chi connectivity index (χ1) is 20.8. The molecule has 2 N–H and O–H groups in total. The van der Waals surface area contributed by atoms with Gasteiger partial charge in [-0.1, -0.05) is 56.7 Å². The van der Waals surface area contributed by atoms with E-state index in [4.69, 9.17) is 5.10 Å². The number of aryl methyl sites for hydroxylation is 1. The van der Waals surface area contributed by atoms with Crippen molar-refractivity contribution in [2.24, 2.45) is 5.92 Å². The van der Waals surface area contributed by atoms with Gasteiger partial charge in [0.1, 0.15) is 5.82 Å². The fourth-order valence-electron chi connectivity index (χ4n) is 5.26. The van der Waals surface area contributed by atoms with Crippen LogP contribution in [-0.2, 0) is 21.9 Å². The first kappa shape index (κ1) is 31.3. The van der Waals surface area contributed by atoms with Gasteiger partial charge >= 0.3 is 6.03 Å². The molecule has 3 aromatic carbocycles. The number of aromatic nitrogens is 2. The first-order valence-electron chi connectivity index (χ1n) is 14.6. The summed E-state index contributed by atoms with van der Waals surface area (Å²) in [7, 11) is -3.93. The zero-order valence-electron chi connectivity index (χ0n) is 25.3. The largest absolute Gasteiger partial charge is 0.324 e. The van der Waals surface area contributed by atoms with Crippen molar-refractivity contribution in [3.63, 3.8) is 0 Å². The third-order valence-electron chi connectivity index (χ3n) is 7.87. The molecule has 0 spiro atoms. The number of benzene rings is 3. The van der Waals surface area contributed by atoms with Gasteiger partial charge in [-0.3, -0.25) is 5.32 Å². The van der Waals surface area contributed by atoms with Crippen molar-refractivity contribution < 1.29 is 22.0 Å². The van der Waals surface area contributed by atoms with Crippen LogP contribution in [0, 0.1) is 24.5 Å². The van der Waals surface area contributed by atoms with Gasteiger partial charge in [0.05, 0.1) is 16.3 Å².